The van der Waals surface area contributed by atoms with Crippen LogP contribution in [0.2, 0.25) is 0 Å². The third-order valence-electron chi connectivity index (χ3n) is 5.42. The molecule has 1 saturated heterocycles. The van der Waals surface area contributed by atoms with Gasteiger partial charge in [0.1, 0.15) is 0 Å². The molecule has 152 valence electrons. The Morgan fingerprint density at radius 2 is 1.93 bits per heavy atom. The molecule has 1 amide bonds. The van der Waals surface area contributed by atoms with E-state index in [1.165, 1.54) is 12.1 Å². The number of non-ortho nitro benzene ring substituents is 1. The highest BCUT2D eigenvalue weighted by molar-refractivity contribution is 14.1. The number of amides is 1. The molecule has 4 rings (SSSR count). The Labute approximate surface area is 194 Å². The largest absolute Gasteiger partial charge is 0.323 e. The summed E-state index contributed by atoms with van der Waals surface area (Å²) < 4.78 is 3.15. The Kier molecular flexibility index (Phi) is 5.93. The Balaban J connectivity index is 1.45. The number of benzene rings is 1. The molecule has 10 heteroatoms. The van der Waals surface area contributed by atoms with Gasteiger partial charge in [0.15, 0.2) is 0 Å². The summed E-state index contributed by atoms with van der Waals surface area (Å²) >= 11 is 4.01. The van der Waals surface area contributed by atoms with Crippen molar-refractivity contribution in [2.45, 2.75) is 18.9 Å². The molecule has 2 aliphatic rings. The van der Waals surface area contributed by atoms with Crippen LogP contribution < -0.4 is 10.9 Å². The van der Waals surface area contributed by atoms with E-state index in [4.69, 9.17) is 0 Å². The lowest BCUT2D eigenvalue weighted by Gasteiger charge is -2.42. The fourth-order valence-electron chi connectivity index (χ4n) is 4.29. The van der Waals surface area contributed by atoms with Crippen molar-refractivity contribution in [2.24, 2.45) is 5.92 Å². The monoisotopic (exact) mass is 620 g/mol. The zero-order valence-corrected chi connectivity index (χ0v) is 19.6. The Hall–Kier alpha value is -1.54. The van der Waals surface area contributed by atoms with Gasteiger partial charge in [-0.15, -0.1) is 0 Å². The van der Waals surface area contributed by atoms with Gasteiger partial charge in [0.05, 0.1) is 17.2 Å². The van der Waals surface area contributed by atoms with Crippen LogP contribution in [0.5, 0.6) is 0 Å². The van der Waals surface area contributed by atoms with Gasteiger partial charge in [0.2, 0.25) is 5.91 Å². The molecule has 0 saturated carbocycles. The van der Waals surface area contributed by atoms with Crippen molar-refractivity contribution in [3.8, 4) is 0 Å². The predicted molar refractivity (Wildman–Crippen MR) is 125 cm³/mol. The maximum atomic E-state index is 12.7. The topological polar surface area (TPSA) is 97.5 Å². The average Bonchev–Trinajstić information content (AvgIpc) is 2.65. The van der Waals surface area contributed by atoms with Crippen molar-refractivity contribution in [2.75, 3.05) is 25.0 Å². The number of carbonyl (C=O) groups excluding carboxylic acids is 1. The fourth-order valence-corrected chi connectivity index (χ4v) is 6.30. The quantitative estimate of drug-likeness (QED) is 0.322. The van der Waals surface area contributed by atoms with Crippen LogP contribution in [0.1, 0.15) is 18.0 Å². The molecule has 8 nitrogen and oxygen atoms in total. The molecule has 1 fully saturated rings. The number of likely N-dealkylation sites (tertiary alicyclic amines) is 1. The number of halogens is 2. The van der Waals surface area contributed by atoms with E-state index >= 15 is 0 Å². The average molecular weight is 620 g/mol. The third-order valence-corrected chi connectivity index (χ3v) is 7.13. The summed E-state index contributed by atoms with van der Waals surface area (Å²) in [5.74, 6) is 0.470. The standard InChI is InChI=1S/C19H18I2N4O4/c20-14-5-13(25(28)29)6-15(21)19(14)22-17(26)10-23-7-11-4-12(9-23)16-2-1-3-18(27)24(16)8-11/h1-3,5-6,11-12H,4,7-10H2,(H,22,26)/t11-,12+/m1/s1. The fraction of sp³-hybridized carbons (Fsp3) is 0.368. The molecule has 1 N–H and O–H groups in total. The molecular weight excluding hydrogens is 602 g/mol. The number of carbonyl (C=O) groups is 1. The van der Waals surface area contributed by atoms with Gasteiger partial charge in [-0.05, 0) is 63.6 Å². The van der Waals surface area contributed by atoms with E-state index in [9.17, 15) is 19.7 Å². The van der Waals surface area contributed by atoms with Crippen molar-refractivity contribution in [3.05, 3.63) is 63.6 Å². The number of hydrogen-bond donors (Lipinski definition) is 1. The number of rotatable bonds is 4. The van der Waals surface area contributed by atoms with Crippen molar-refractivity contribution in [1.82, 2.24) is 9.47 Å². The van der Waals surface area contributed by atoms with E-state index < -0.39 is 4.92 Å². The lowest BCUT2D eigenvalue weighted by molar-refractivity contribution is -0.385. The molecule has 1 aromatic carbocycles. The van der Waals surface area contributed by atoms with E-state index in [-0.39, 0.29) is 29.6 Å². The van der Waals surface area contributed by atoms with Crippen LogP contribution in [0.25, 0.3) is 0 Å². The SMILES string of the molecule is O=C(CN1C[C@H]2C[C@@H](C1)c1cccc(=O)n1C2)Nc1c(I)cc([N+](=O)[O-])cc1I. The highest BCUT2D eigenvalue weighted by Crippen LogP contribution is 2.35. The lowest BCUT2D eigenvalue weighted by atomic mass is 9.83. The number of nitro benzene ring substituents is 1. The number of nitrogens with zero attached hydrogens (tertiary/aromatic N) is 3. The number of aromatic nitrogens is 1. The molecular formula is C19H18I2N4O4. The van der Waals surface area contributed by atoms with Crippen LogP contribution in [0.4, 0.5) is 11.4 Å². The van der Waals surface area contributed by atoms with Gasteiger partial charge in [-0.1, -0.05) is 6.07 Å². The van der Waals surface area contributed by atoms with Crippen LogP contribution >= 0.6 is 45.2 Å². The highest BCUT2D eigenvalue weighted by atomic mass is 127. The summed E-state index contributed by atoms with van der Waals surface area (Å²) in [5.41, 5.74) is 1.72. The van der Waals surface area contributed by atoms with Gasteiger partial charge in [-0.3, -0.25) is 24.6 Å². The van der Waals surface area contributed by atoms with Crippen molar-refractivity contribution < 1.29 is 9.72 Å². The smallest absolute Gasteiger partial charge is 0.271 e. The molecule has 1 aromatic heterocycles. The Bertz CT molecular complexity index is 1030. The van der Waals surface area contributed by atoms with E-state index in [0.29, 0.717) is 25.3 Å². The molecule has 0 spiro atoms. The number of piperidine rings is 1. The van der Waals surface area contributed by atoms with E-state index in [2.05, 4.69) is 10.2 Å². The van der Waals surface area contributed by atoms with Crippen LogP contribution in [-0.2, 0) is 11.3 Å². The molecule has 2 aromatic rings. The second-order valence-corrected chi connectivity index (χ2v) is 9.81. The molecule has 0 radical (unpaired) electrons. The number of hydrogen-bond acceptors (Lipinski definition) is 5. The number of fused-ring (bicyclic) bond motifs is 4. The first-order valence-electron chi connectivity index (χ1n) is 9.17. The molecule has 29 heavy (non-hydrogen) atoms. The normalized spacial score (nSPS) is 20.8. The second kappa shape index (κ2) is 8.30. The summed E-state index contributed by atoms with van der Waals surface area (Å²) in [6.07, 6.45) is 1.04. The minimum absolute atomic E-state index is 0.00885. The van der Waals surface area contributed by atoms with E-state index in [0.717, 1.165) is 25.2 Å². The van der Waals surface area contributed by atoms with Crippen LogP contribution in [-0.4, -0.2) is 39.9 Å². The Morgan fingerprint density at radius 1 is 1.21 bits per heavy atom. The van der Waals surface area contributed by atoms with Gasteiger partial charge in [0.25, 0.3) is 11.2 Å². The van der Waals surface area contributed by atoms with Crippen molar-refractivity contribution in [1.29, 1.82) is 0 Å². The minimum atomic E-state index is -0.439. The molecule has 2 aliphatic heterocycles. The third kappa shape index (κ3) is 4.33. The molecule has 2 atom stereocenters. The second-order valence-electron chi connectivity index (χ2n) is 7.48. The first-order chi connectivity index (χ1) is 13.8. The number of pyridine rings is 1. The summed E-state index contributed by atoms with van der Waals surface area (Å²) in [6.45, 7) is 2.47. The molecule has 0 aliphatic carbocycles. The molecule has 0 unspecified atom stereocenters. The van der Waals surface area contributed by atoms with Gasteiger partial charge in [0, 0.05) is 56.6 Å². The van der Waals surface area contributed by atoms with Crippen molar-refractivity contribution >= 4 is 62.5 Å². The van der Waals surface area contributed by atoms with E-state index in [1.807, 2.05) is 55.8 Å². The maximum Gasteiger partial charge on any atom is 0.271 e. The lowest BCUT2D eigenvalue weighted by Crippen LogP contribution is -2.49. The Morgan fingerprint density at radius 3 is 2.62 bits per heavy atom. The summed E-state index contributed by atoms with van der Waals surface area (Å²) in [7, 11) is 0. The van der Waals surface area contributed by atoms with Gasteiger partial charge in [-0.25, -0.2) is 0 Å². The summed E-state index contributed by atoms with van der Waals surface area (Å²) in [6, 6.07) is 8.33. The van der Waals surface area contributed by atoms with Gasteiger partial charge < -0.3 is 9.88 Å². The van der Waals surface area contributed by atoms with Gasteiger partial charge in [-0.2, -0.15) is 0 Å². The zero-order valence-electron chi connectivity index (χ0n) is 15.3. The molecule has 2 bridgehead atoms. The highest BCUT2D eigenvalue weighted by Gasteiger charge is 2.35. The van der Waals surface area contributed by atoms with Crippen LogP contribution in [0, 0.1) is 23.2 Å². The first-order valence-corrected chi connectivity index (χ1v) is 11.3. The van der Waals surface area contributed by atoms with Crippen LogP contribution in [0.15, 0.2) is 35.1 Å². The zero-order chi connectivity index (χ0) is 20.7. The van der Waals surface area contributed by atoms with E-state index in [1.54, 1.807) is 12.1 Å². The summed E-state index contributed by atoms with van der Waals surface area (Å²) in [4.78, 5) is 37.5. The predicted octanol–water partition coefficient (Wildman–Crippen LogP) is 3.02. The maximum absolute atomic E-state index is 12.7. The summed E-state index contributed by atoms with van der Waals surface area (Å²) in [5, 5.41) is 13.9. The van der Waals surface area contributed by atoms with Gasteiger partial charge >= 0.3 is 0 Å². The van der Waals surface area contributed by atoms with Crippen molar-refractivity contribution in [3.63, 3.8) is 0 Å². The number of anilines is 1. The minimum Gasteiger partial charge on any atom is -0.323 e. The number of nitrogens with one attached hydrogen (secondary N) is 1. The number of nitro groups is 1. The molecule has 3 heterocycles. The van der Waals surface area contributed by atoms with Crippen LogP contribution in [0.3, 0.4) is 0 Å². The first kappa shape index (κ1) is 20.7.